The summed E-state index contributed by atoms with van der Waals surface area (Å²) in [5.41, 5.74) is 4.77. The first-order valence-corrected chi connectivity index (χ1v) is 3.53. The first kappa shape index (κ1) is 8.29. The zero-order chi connectivity index (χ0) is 8.10. The van der Waals surface area contributed by atoms with Crippen molar-refractivity contribution in [3.63, 3.8) is 0 Å². The Morgan fingerprint density at radius 2 is 2.64 bits per heavy atom. The average Bonchev–Trinajstić information content (AvgIpc) is 2.03. The summed E-state index contributed by atoms with van der Waals surface area (Å²) in [6, 6.07) is 0. The average molecular weight is 160 g/mol. The van der Waals surface area contributed by atoms with Gasteiger partial charge in [0.25, 0.3) is 0 Å². The van der Waals surface area contributed by atoms with Crippen molar-refractivity contribution < 1.29 is 14.3 Å². The van der Waals surface area contributed by atoms with Gasteiger partial charge in [0.1, 0.15) is 12.7 Å². The van der Waals surface area contributed by atoms with Gasteiger partial charge in [-0.25, -0.2) is 4.79 Å². The molecule has 11 heavy (non-hydrogen) atoms. The molecule has 0 aromatic rings. The first-order chi connectivity index (χ1) is 5.29. The summed E-state index contributed by atoms with van der Waals surface area (Å²) in [5, 5.41) is 3.10. The largest absolute Gasteiger partial charge is 0.447 e. The summed E-state index contributed by atoms with van der Waals surface area (Å²) >= 11 is 0. The molecule has 1 heterocycles. The molecule has 1 fully saturated rings. The third kappa shape index (κ3) is 3.20. The lowest BCUT2D eigenvalue weighted by Crippen LogP contribution is -2.41. The van der Waals surface area contributed by atoms with Gasteiger partial charge in [0.05, 0.1) is 6.61 Å². The minimum Gasteiger partial charge on any atom is -0.447 e. The Bertz CT molecular complexity index is 134. The number of primary amides is 1. The number of rotatable bonds is 2. The molecule has 1 rings (SSSR count). The topological polar surface area (TPSA) is 73.6 Å². The molecular formula is C6H12N2O3. The lowest BCUT2D eigenvalue weighted by Gasteiger charge is -2.22. The number of nitrogens with one attached hydrogen (secondary N) is 1. The lowest BCUT2D eigenvalue weighted by atomic mass is 10.3. The van der Waals surface area contributed by atoms with Gasteiger partial charge in [-0.15, -0.1) is 0 Å². The number of nitrogens with two attached hydrogens (primary N) is 1. The van der Waals surface area contributed by atoms with Crippen LogP contribution in [0.25, 0.3) is 0 Å². The molecule has 0 bridgehead atoms. The van der Waals surface area contributed by atoms with Crippen LogP contribution in [0.5, 0.6) is 0 Å². The van der Waals surface area contributed by atoms with E-state index >= 15 is 0 Å². The van der Waals surface area contributed by atoms with Crippen molar-refractivity contribution in [2.75, 3.05) is 26.3 Å². The predicted molar refractivity (Wildman–Crippen MR) is 38.1 cm³/mol. The van der Waals surface area contributed by atoms with Crippen LogP contribution in [0.15, 0.2) is 0 Å². The minimum absolute atomic E-state index is 0.0451. The molecule has 0 aromatic carbocycles. The van der Waals surface area contributed by atoms with Gasteiger partial charge < -0.3 is 20.5 Å². The van der Waals surface area contributed by atoms with E-state index in [0.29, 0.717) is 13.2 Å². The SMILES string of the molecule is NC(=O)OC[C@H]1CNCCO1. The van der Waals surface area contributed by atoms with E-state index in [2.05, 4.69) is 10.1 Å². The molecule has 5 nitrogen and oxygen atoms in total. The minimum atomic E-state index is -0.751. The van der Waals surface area contributed by atoms with Crippen molar-refractivity contribution >= 4 is 6.09 Å². The van der Waals surface area contributed by atoms with Gasteiger partial charge in [-0.2, -0.15) is 0 Å². The van der Waals surface area contributed by atoms with Crippen molar-refractivity contribution in [1.29, 1.82) is 0 Å². The van der Waals surface area contributed by atoms with Crippen molar-refractivity contribution in [1.82, 2.24) is 5.32 Å². The van der Waals surface area contributed by atoms with Gasteiger partial charge in [-0.05, 0) is 0 Å². The summed E-state index contributed by atoms with van der Waals surface area (Å²) in [7, 11) is 0. The van der Waals surface area contributed by atoms with Crippen LogP contribution < -0.4 is 11.1 Å². The zero-order valence-electron chi connectivity index (χ0n) is 6.21. The normalized spacial score (nSPS) is 24.5. The molecule has 1 aliphatic rings. The third-order valence-corrected chi connectivity index (χ3v) is 1.42. The third-order valence-electron chi connectivity index (χ3n) is 1.42. The van der Waals surface area contributed by atoms with Crippen LogP contribution in [0.4, 0.5) is 4.79 Å². The fourth-order valence-corrected chi connectivity index (χ4v) is 0.902. The van der Waals surface area contributed by atoms with Crippen LogP contribution in [-0.2, 0) is 9.47 Å². The Labute approximate surface area is 64.8 Å². The highest BCUT2D eigenvalue weighted by molar-refractivity contribution is 5.64. The van der Waals surface area contributed by atoms with E-state index in [9.17, 15) is 4.79 Å². The second kappa shape index (κ2) is 4.15. The number of amides is 1. The van der Waals surface area contributed by atoms with Crippen LogP contribution >= 0.6 is 0 Å². The van der Waals surface area contributed by atoms with E-state index in [1.807, 2.05) is 0 Å². The van der Waals surface area contributed by atoms with Gasteiger partial charge in [0.15, 0.2) is 0 Å². The first-order valence-electron chi connectivity index (χ1n) is 3.53. The van der Waals surface area contributed by atoms with Crippen molar-refractivity contribution in [3.8, 4) is 0 Å². The molecular weight excluding hydrogens is 148 g/mol. The molecule has 0 aliphatic carbocycles. The Kier molecular flexibility index (Phi) is 3.13. The van der Waals surface area contributed by atoms with Crippen LogP contribution in [0.1, 0.15) is 0 Å². The van der Waals surface area contributed by atoms with Gasteiger partial charge in [0.2, 0.25) is 0 Å². The lowest BCUT2D eigenvalue weighted by molar-refractivity contribution is -0.0106. The molecule has 3 N–H and O–H groups in total. The predicted octanol–water partition coefficient (Wildman–Crippen LogP) is -0.930. The van der Waals surface area contributed by atoms with Gasteiger partial charge in [-0.3, -0.25) is 0 Å². The Morgan fingerprint density at radius 3 is 3.18 bits per heavy atom. The summed E-state index contributed by atoms with van der Waals surface area (Å²) < 4.78 is 9.79. The summed E-state index contributed by atoms with van der Waals surface area (Å²) in [5.74, 6) is 0. The number of morpholine rings is 1. The maximum atomic E-state index is 10.2. The molecule has 1 saturated heterocycles. The van der Waals surface area contributed by atoms with E-state index in [1.54, 1.807) is 0 Å². The molecule has 1 aliphatic heterocycles. The van der Waals surface area contributed by atoms with Crippen molar-refractivity contribution in [3.05, 3.63) is 0 Å². The molecule has 1 atom stereocenters. The number of carbonyl (C=O) groups is 1. The summed E-state index contributed by atoms with van der Waals surface area (Å²) in [4.78, 5) is 10.2. The zero-order valence-corrected chi connectivity index (χ0v) is 6.21. The Balaban J connectivity index is 2.09. The maximum absolute atomic E-state index is 10.2. The fourth-order valence-electron chi connectivity index (χ4n) is 0.902. The summed E-state index contributed by atoms with van der Waals surface area (Å²) in [6.45, 7) is 2.47. The van der Waals surface area contributed by atoms with E-state index < -0.39 is 6.09 Å². The molecule has 64 valence electrons. The standard InChI is InChI=1S/C6H12N2O3/c7-6(9)11-4-5-3-8-1-2-10-5/h5,8H,1-4H2,(H2,7,9)/t5-/m1/s1. The number of hydrogen-bond donors (Lipinski definition) is 2. The van der Waals surface area contributed by atoms with Crippen LogP contribution in [0, 0.1) is 0 Å². The molecule has 1 amide bonds. The van der Waals surface area contributed by atoms with E-state index in [1.165, 1.54) is 0 Å². The Morgan fingerprint density at radius 1 is 1.82 bits per heavy atom. The monoisotopic (exact) mass is 160 g/mol. The van der Waals surface area contributed by atoms with Gasteiger partial charge in [-0.1, -0.05) is 0 Å². The summed E-state index contributed by atoms with van der Waals surface area (Å²) in [6.07, 6.45) is -0.796. The fraction of sp³-hybridized carbons (Fsp3) is 0.833. The highest BCUT2D eigenvalue weighted by Crippen LogP contribution is 1.95. The van der Waals surface area contributed by atoms with E-state index in [0.717, 1.165) is 6.54 Å². The van der Waals surface area contributed by atoms with Crippen LogP contribution in [-0.4, -0.2) is 38.5 Å². The molecule has 0 unspecified atom stereocenters. The molecule has 0 aromatic heterocycles. The smallest absolute Gasteiger partial charge is 0.404 e. The van der Waals surface area contributed by atoms with Crippen LogP contribution in [0.3, 0.4) is 0 Å². The number of hydrogen-bond acceptors (Lipinski definition) is 4. The van der Waals surface area contributed by atoms with E-state index in [-0.39, 0.29) is 12.7 Å². The number of carbonyl (C=O) groups excluding carboxylic acids is 1. The van der Waals surface area contributed by atoms with Crippen LogP contribution in [0.2, 0.25) is 0 Å². The molecule has 0 saturated carbocycles. The maximum Gasteiger partial charge on any atom is 0.404 e. The number of ether oxygens (including phenoxy) is 2. The molecule has 0 radical (unpaired) electrons. The Hall–Kier alpha value is -0.810. The van der Waals surface area contributed by atoms with Crippen molar-refractivity contribution in [2.45, 2.75) is 6.10 Å². The second-order valence-corrected chi connectivity index (χ2v) is 2.33. The molecule has 5 heteroatoms. The van der Waals surface area contributed by atoms with E-state index in [4.69, 9.17) is 10.5 Å². The highest BCUT2D eigenvalue weighted by atomic mass is 16.6. The second-order valence-electron chi connectivity index (χ2n) is 2.33. The quantitative estimate of drug-likeness (QED) is 0.547. The van der Waals surface area contributed by atoms with Crippen molar-refractivity contribution in [2.24, 2.45) is 5.73 Å². The van der Waals surface area contributed by atoms with Gasteiger partial charge >= 0.3 is 6.09 Å². The molecule has 0 spiro atoms. The highest BCUT2D eigenvalue weighted by Gasteiger charge is 2.14. The van der Waals surface area contributed by atoms with Gasteiger partial charge in [0, 0.05) is 13.1 Å².